The molecule has 50 heavy (non-hydrogen) atoms. The normalized spacial score (nSPS) is 19.5. The molecule has 4 aromatic rings. The second kappa shape index (κ2) is 17.6. The van der Waals surface area contributed by atoms with Gasteiger partial charge in [-0.25, -0.2) is 0 Å². The predicted molar refractivity (Wildman–Crippen MR) is 179 cm³/mol. The van der Waals surface area contributed by atoms with Crippen molar-refractivity contribution in [1.82, 2.24) is 0 Å². The van der Waals surface area contributed by atoms with Crippen molar-refractivity contribution in [3.63, 3.8) is 0 Å². The Balaban J connectivity index is 0.000000266. The summed E-state index contributed by atoms with van der Waals surface area (Å²) in [5, 5.41) is 44.5. The molecule has 0 radical (unpaired) electrons. The van der Waals surface area contributed by atoms with Crippen LogP contribution in [0.1, 0.15) is 38.5 Å². The number of carbonyl (C=O) groups excluding carboxylic acids is 4. The van der Waals surface area contributed by atoms with Crippen LogP contribution in [0, 0.1) is 11.3 Å². The first-order valence-electron chi connectivity index (χ1n) is 15.8. The number of carbonyl (C=O) groups is 4. The van der Waals surface area contributed by atoms with Crippen molar-refractivity contribution >= 4 is 54.8 Å². The van der Waals surface area contributed by atoms with Crippen molar-refractivity contribution in [2.45, 2.75) is 50.1 Å². The van der Waals surface area contributed by atoms with Crippen molar-refractivity contribution < 1.29 is 56.4 Å². The maximum atomic E-state index is 11.2. The average molecular weight is 785 g/mol. The van der Waals surface area contributed by atoms with Crippen LogP contribution in [0.3, 0.4) is 0 Å². The minimum atomic E-state index is -2.77. The van der Waals surface area contributed by atoms with Gasteiger partial charge >= 0.3 is 169 Å². The van der Waals surface area contributed by atoms with Crippen LogP contribution in [0.2, 0.25) is 0 Å². The maximum absolute atomic E-state index is 11.2. The first kappa shape index (κ1) is 40.2. The molecule has 262 valence electrons. The molecule has 3 unspecified atom stereocenters. The van der Waals surface area contributed by atoms with E-state index in [-0.39, 0.29) is 29.6 Å². The molecule has 0 saturated heterocycles. The number of carboxylic acids is 4. The molecule has 0 bridgehead atoms. The summed E-state index contributed by atoms with van der Waals surface area (Å²) < 4.78 is 5.79. The van der Waals surface area contributed by atoms with E-state index >= 15 is 0 Å². The van der Waals surface area contributed by atoms with Gasteiger partial charge in [0, 0.05) is 47.3 Å². The Morgan fingerprint density at radius 2 is 0.900 bits per heavy atom. The Labute approximate surface area is 304 Å². The second-order valence-corrected chi connectivity index (χ2v) is 19.5. The molecule has 5 rings (SSSR count). The van der Waals surface area contributed by atoms with Crippen LogP contribution in [-0.2, 0) is 36.0 Å². The van der Waals surface area contributed by atoms with Crippen molar-refractivity contribution in [2.24, 2.45) is 22.8 Å². The van der Waals surface area contributed by atoms with Gasteiger partial charge in [0.25, 0.3) is 0 Å². The quantitative estimate of drug-likeness (QED) is 0.139. The SMILES string of the molecule is NC1CCC(N)(CC(=O)[O-])C(CC(=O)[O-])(CC(=O)[O-])C1CC(=O)[O-].[Co+3].c1ccc([As+](c2ccccc2)(c2ccccc2)c2ccccc2)cc1. The van der Waals surface area contributed by atoms with Gasteiger partial charge in [0.15, 0.2) is 0 Å². The molecule has 0 aliphatic heterocycles. The van der Waals surface area contributed by atoms with Crippen molar-refractivity contribution in [3.8, 4) is 0 Å². The molecule has 1 saturated carbocycles. The van der Waals surface area contributed by atoms with Gasteiger partial charge in [-0.15, -0.1) is 0 Å². The molecule has 0 amide bonds. The number of rotatable bonds is 12. The van der Waals surface area contributed by atoms with E-state index in [1.54, 1.807) is 0 Å². The van der Waals surface area contributed by atoms with Gasteiger partial charge in [0.2, 0.25) is 0 Å². The van der Waals surface area contributed by atoms with Crippen LogP contribution in [0.5, 0.6) is 0 Å². The number of hydrogen-bond donors (Lipinski definition) is 2. The first-order chi connectivity index (χ1) is 23.4. The van der Waals surface area contributed by atoms with Crippen LogP contribution < -0.4 is 49.3 Å². The summed E-state index contributed by atoms with van der Waals surface area (Å²) in [4.78, 5) is 44.5. The van der Waals surface area contributed by atoms with E-state index in [0.717, 1.165) is 0 Å². The zero-order valence-corrected chi connectivity index (χ0v) is 30.1. The molecular weight excluding hydrogens is 746 g/mol. The van der Waals surface area contributed by atoms with Gasteiger partial charge in [-0.1, -0.05) is 0 Å². The molecular formula is C38H38AsCoN2O8. The Kier molecular flexibility index (Phi) is 14.1. The van der Waals surface area contributed by atoms with E-state index in [1.807, 2.05) is 0 Å². The van der Waals surface area contributed by atoms with Crippen LogP contribution in [-0.4, -0.2) is 49.0 Å². The standard InChI is InChI=1S/C24H20As.C14H22N2O8.Co/c1-5-13-21(14-6-1)25(22-15-7-2-8-16-22,23-17-9-3-10-18-23)24-19-11-4-12-20-24;15-8-1-2-14(16,6-12(23)24)13(4-10(19)20,5-11(21)22)7(8)3-9(17)18;/h1-20H;7-8H,1-6,15-16H2,(H,17,18)(H,19,20)(H,21,22)(H,23,24);/q+1;;+3/p-4. The third kappa shape index (κ3) is 8.72. The number of nitrogens with two attached hydrogens (primary N) is 2. The molecule has 3 atom stereocenters. The molecule has 1 aliphatic carbocycles. The van der Waals surface area contributed by atoms with Crippen molar-refractivity contribution in [1.29, 1.82) is 0 Å². The zero-order valence-electron chi connectivity index (χ0n) is 27.1. The van der Waals surface area contributed by atoms with E-state index < -0.39 is 86.0 Å². The van der Waals surface area contributed by atoms with Gasteiger partial charge in [-0.2, -0.15) is 0 Å². The van der Waals surface area contributed by atoms with E-state index in [0.29, 0.717) is 0 Å². The Morgan fingerprint density at radius 1 is 0.580 bits per heavy atom. The summed E-state index contributed by atoms with van der Waals surface area (Å²) in [6.07, 6.45) is -3.61. The molecule has 4 N–H and O–H groups in total. The minimum absolute atomic E-state index is 0. The average Bonchev–Trinajstić information content (AvgIpc) is 3.07. The molecule has 12 heteroatoms. The van der Waals surface area contributed by atoms with Gasteiger partial charge in [0.1, 0.15) is 0 Å². The molecule has 0 heterocycles. The molecule has 10 nitrogen and oxygen atoms in total. The van der Waals surface area contributed by atoms with Gasteiger partial charge < -0.3 is 51.1 Å². The number of benzene rings is 4. The zero-order chi connectivity index (χ0) is 35.7. The third-order valence-corrected chi connectivity index (χ3v) is 18.5. The molecule has 1 aliphatic rings. The fourth-order valence-electron chi connectivity index (χ4n) is 7.39. The first-order valence-corrected chi connectivity index (χ1v) is 19.6. The summed E-state index contributed by atoms with van der Waals surface area (Å²) >= 11 is -2.77. The summed E-state index contributed by atoms with van der Waals surface area (Å²) in [6.45, 7) is 0. The Bertz CT molecular complexity index is 1550. The fraction of sp³-hybridized carbons (Fsp3) is 0.263. The van der Waals surface area contributed by atoms with Gasteiger partial charge in [-0.05, 0) is 38.0 Å². The monoisotopic (exact) mass is 784 g/mol. The fourth-order valence-corrected chi connectivity index (χ4v) is 16.3. The Morgan fingerprint density at radius 3 is 1.18 bits per heavy atom. The van der Waals surface area contributed by atoms with Gasteiger partial charge in [0.05, 0.1) is 0 Å². The number of hydrogen-bond acceptors (Lipinski definition) is 10. The summed E-state index contributed by atoms with van der Waals surface area (Å²) in [7, 11) is 0. The number of carboxylic acid groups (broad SMARTS) is 4. The summed E-state index contributed by atoms with van der Waals surface area (Å²) in [5.74, 6) is -7.87. The predicted octanol–water partition coefficient (Wildman–Crippen LogP) is -2.97. The van der Waals surface area contributed by atoms with Crippen LogP contribution in [0.4, 0.5) is 0 Å². The molecule has 0 spiro atoms. The molecule has 4 aromatic carbocycles. The van der Waals surface area contributed by atoms with E-state index in [2.05, 4.69) is 121 Å². The molecule has 0 aromatic heterocycles. The topological polar surface area (TPSA) is 213 Å². The van der Waals surface area contributed by atoms with Crippen molar-refractivity contribution in [2.75, 3.05) is 0 Å². The summed E-state index contributed by atoms with van der Waals surface area (Å²) in [6, 6.07) is 43.3. The second-order valence-electron chi connectivity index (χ2n) is 12.4. The Hall–Kier alpha value is -4.26. The van der Waals surface area contributed by atoms with E-state index in [9.17, 15) is 39.6 Å². The van der Waals surface area contributed by atoms with Crippen molar-refractivity contribution in [3.05, 3.63) is 121 Å². The van der Waals surface area contributed by atoms with Crippen LogP contribution in [0.25, 0.3) is 0 Å². The summed E-state index contributed by atoms with van der Waals surface area (Å²) in [5.41, 5.74) is 8.12. The third-order valence-electron chi connectivity index (χ3n) is 9.48. The van der Waals surface area contributed by atoms with E-state index in [4.69, 9.17) is 11.5 Å². The van der Waals surface area contributed by atoms with Crippen LogP contribution in [0.15, 0.2) is 121 Å². The van der Waals surface area contributed by atoms with Crippen LogP contribution >= 0.6 is 0 Å². The van der Waals surface area contributed by atoms with E-state index in [1.165, 1.54) is 17.4 Å². The van der Waals surface area contributed by atoms with Gasteiger partial charge in [-0.3, -0.25) is 0 Å². The number of aliphatic carboxylic acids is 4. The molecule has 1 fully saturated rings.